The number of nitrogens with one attached hydrogen (secondary N) is 1. The topological polar surface area (TPSA) is 58.2 Å². The van der Waals surface area contributed by atoms with Crippen molar-refractivity contribution in [3.63, 3.8) is 0 Å². The third kappa shape index (κ3) is 10.0. The van der Waals surface area contributed by atoms with E-state index < -0.39 is 11.4 Å². The van der Waals surface area contributed by atoms with Crippen LogP contribution in [0.1, 0.15) is 26.2 Å². The monoisotopic (exact) mass is 194 g/mol. The fourth-order valence-corrected chi connectivity index (χ4v) is 1.00. The van der Waals surface area contributed by atoms with Gasteiger partial charge in [0.15, 0.2) is 0 Å². The lowest BCUT2D eigenvalue weighted by atomic mass is 10.3. The summed E-state index contributed by atoms with van der Waals surface area (Å²) in [6.45, 7) is 4.22. The Hall–Kier alpha value is 0.0300. The molecule has 5 heteroatoms. The van der Waals surface area contributed by atoms with Gasteiger partial charge in [-0.25, -0.2) is 0 Å². The van der Waals surface area contributed by atoms with E-state index >= 15 is 0 Å². The molecule has 1 atom stereocenters. The molecule has 0 aliphatic rings. The summed E-state index contributed by atoms with van der Waals surface area (Å²) in [5.41, 5.74) is 0. The largest absolute Gasteiger partial charge is 0.334 e. The average Bonchev–Trinajstić information content (AvgIpc) is 2.02. The van der Waals surface area contributed by atoms with Crippen molar-refractivity contribution in [2.45, 2.75) is 26.2 Å². The number of unbranched alkanes of at least 4 members (excludes halogenated alkanes) is 1. The molecule has 73 valence electrons. The van der Waals surface area contributed by atoms with Gasteiger partial charge in [0.25, 0.3) is 0 Å². The highest BCUT2D eigenvalue weighted by Gasteiger charge is 1.94. The van der Waals surface area contributed by atoms with E-state index in [0.29, 0.717) is 0 Å². The van der Waals surface area contributed by atoms with Crippen LogP contribution >= 0.6 is 0 Å². The smallest absolute Gasteiger partial charge is 0.317 e. The molecule has 0 aromatic heterocycles. The number of rotatable bonds is 8. The normalized spacial score (nSPS) is 13.2. The van der Waals surface area contributed by atoms with Gasteiger partial charge in [-0.3, -0.25) is 4.18 Å². The van der Waals surface area contributed by atoms with E-state index in [1.807, 2.05) is 0 Å². The first-order valence-electron chi connectivity index (χ1n) is 4.20. The van der Waals surface area contributed by atoms with Crippen LogP contribution in [0.15, 0.2) is 0 Å². The van der Waals surface area contributed by atoms with Gasteiger partial charge in [0, 0.05) is 0 Å². The molecule has 0 aromatic carbocycles. The highest BCUT2D eigenvalue weighted by molar-refractivity contribution is 7.73. The van der Waals surface area contributed by atoms with Crippen LogP contribution in [0.5, 0.6) is 0 Å². The summed E-state index contributed by atoms with van der Waals surface area (Å²) >= 11 is -2.35. The Labute approximate surface area is 76.2 Å². The van der Waals surface area contributed by atoms with Crippen LogP contribution in [0, 0.1) is 0 Å². The molecule has 0 fully saturated rings. The zero-order chi connectivity index (χ0) is 9.23. The molecular formula is C7H16NO3S. The highest BCUT2D eigenvalue weighted by atomic mass is 32.2. The van der Waals surface area contributed by atoms with Crippen molar-refractivity contribution in [2.24, 2.45) is 0 Å². The van der Waals surface area contributed by atoms with Crippen molar-refractivity contribution in [1.29, 1.82) is 0 Å². The van der Waals surface area contributed by atoms with Crippen LogP contribution in [0.25, 0.3) is 0 Å². The zero-order valence-electron chi connectivity index (χ0n) is 7.38. The van der Waals surface area contributed by atoms with E-state index in [-0.39, 0.29) is 6.61 Å². The standard InChI is InChI=1S/C7H16NO3S/c1-2-3-5-8-6-4-7-11-12(9)10/h8H,2-7H2,1H3. The number of hydrogen-bond acceptors (Lipinski definition) is 3. The Kier molecular flexibility index (Phi) is 9.14. The lowest BCUT2D eigenvalue weighted by Crippen LogP contribution is -2.18. The van der Waals surface area contributed by atoms with Crippen LogP contribution in [0.4, 0.5) is 0 Å². The SMILES string of the molecule is CCCCNCCCOS([O])=O. The van der Waals surface area contributed by atoms with Gasteiger partial charge in [-0.05, 0) is 25.9 Å². The molecule has 4 nitrogen and oxygen atoms in total. The van der Waals surface area contributed by atoms with Crippen molar-refractivity contribution in [3.8, 4) is 0 Å². The summed E-state index contributed by atoms with van der Waals surface area (Å²) in [4.78, 5) is 0. The van der Waals surface area contributed by atoms with Crippen LogP contribution < -0.4 is 5.32 Å². The zero-order valence-corrected chi connectivity index (χ0v) is 8.19. The fourth-order valence-electron chi connectivity index (χ4n) is 0.751. The molecule has 0 aliphatic carbocycles. The van der Waals surface area contributed by atoms with Crippen molar-refractivity contribution in [2.75, 3.05) is 19.7 Å². The molecule has 0 bridgehead atoms. The summed E-state index contributed by atoms with van der Waals surface area (Å²) in [5, 5.41) is 3.18. The van der Waals surface area contributed by atoms with Gasteiger partial charge in [0.05, 0.1) is 6.61 Å². The Morgan fingerprint density at radius 2 is 2.00 bits per heavy atom. The van der Waals surface area contributed by atoms with E-state index in [1.54, 1.807) is 0 Å². The van der Waals surface area contributed by atoms with Gasteiger partial charge in [0.1, 0.15) is 0 Å². The Balaban J connectivity index is 2.86. The van der Waals surface area contributed by atoms with E-state index in [1.165, 1.54) is 6.42 Å². The van der Waals surface area contributed by atoms with Gasteiger partial charge >= 0.3 is 11.4 Å². The van der Waals surface area contributed by atoms with E-state index in [9.17, 15) is 8.76 Å². The maximum absolute atomic E-state index is 9.89. The first kappa shape index (κ1) is 12.0. The van der Waals surface area contributed by atoms with Gasteiger partial charge < -0.3 is 5.32 Å². The predicted molar refractivity (Wildman–Crippen MR) is 47.2 cm³/mol. The molecular weight excluding hydrogens is 178 g/mol. The summed E-state index contributed by atoms with van der Waals surface area (Å²) in [6, 6.07) is 0. The van der Waals surface area contributed by atoms with E-state index in [4.69, 9.17) is 0 Å². The maximum atomic E-state index is 9.89. The second kappa shape index (κ2) is 9.12. The van der Waals surface area contributed by atoms with E-state index in [0.717, 1.165) is 25.9 Å². The second-order valence-electron chi connectivity index (χ2n) is 2.48. The molecule has 0 aliphatic heterocycles. The maximum Gasteiger partial charge on any atom is 0.334 e. The molecule has 0 heterocycles. The minimum absolute atomic E-state index is 0.273. The van der Waals surface area contributed by atoms with Crippen molar-refractivity contribution >= 4 is 11.4 Å². The molecule has 1 unspecified atom stereocenters. The van der Waals surface area contributed by atoms with Crippen molar-refractivity contribution in [3.05, 3.63) is 0 Å². The van der Waals surface area contributed by atoms with Gasteiger partial charge in [-0.2, -0.15) is 4.21 Å². The third-order valence-electron chi connectivity index (χ3n) is 1.38. The molecule has 0 spiro atoms. The van der Waals surface area contributed by atoms with Crippen molar-refractivity contribution < 1.29 is 12.9 Å². The first-order chi connectivity index (χ1) is 5.77. The summed E-state index contributed by atoms with van der Waals surface area (Å²) in [5.74, 6) is 0. The quantitative estimate of drug-likeness (QED) is 0.581. The lowest BCUT2D eigenvalue weighted by Gasteiger charge is -2.01. The Morgan fingerprint density at radius 1 is 1.33 bits per heavy atom. The molecule has 1 radical (unpaired) electrons. The number of hydrogen-bond donors (Lipinski definition) is 1. The molecule has 0 aromatic rings. The fraction of sp³-hybridized carbons (Fsp3) is 1.00. The molecule has 0 rings (SSSR count). The summed E-state index contributed by atoms with van der Waals surface area (Å²) in [7, 11) is 0. The van der Waals surface area contributed by atoms with Crippen molar-refractivity contribution in [1.82, 2.24) is 5.32 Å². The molecule has 1 N–H and O–H groups in total. The molecule has 12 heavy (non-hydrogen) atoms. The minimum Gasteiger partial charge on any atom is -0.317 e. The average molecular weight is 194 g/mol. The third-order valence-corrected chi connectivity index (χ3v) is 1.74. The molecule has 0 saturated heterocycles. The summed E-state index contributed by atoms with van der Waals surface area (Å²) < 4.78 is 24.1. The van der Waals surface area contributed by atoms with E-state index in [2.05, 4.69) is 16.4 Å². The Morgan fingerprint density at radius 3 is 2.58 bits per heavy atom. The molecule has 0 amide bonds. The minimum atomic E-state index is -2.35. The van der Waals surface area contributed by atoms with Crippen LogP contribution in [-0.2, 0) is 20.1 Å². The predicted octanol–water partition coefficient (Wildman–Crippen LogP) is 0.792. The van der Waals surface area contributed by atoms with Gasteiger partial charge in [0.2, 0.25) is 0 Å². The second-order valence-corrected chi connectivity index (χ2v) is 3.13. The highest BCUT2D eigenvalue weighted by Crippen LogP contribution is 1.86. The first-order valence-corrected chi connectivity index (χ1v) is 5.20. The van der Waals surface area contributed by atoms with Crippen LogP contribution in [0.2, 0.25) is 0 Å². The Bertz CT molecular complexity index is 121. The summed E-state index contributed by atoms with van der Waals surface area (Å²) in [6.07, 6.45) is 3.07. The van der Waals surface area contributed by atoms with Crippen LogP contribution in [0.3, 0.4) is 0 Å². The lowest BCUT2D eigenvalue weighted by molar-refractivity contribution is 0.278. The van der Waals surface area contributed by atoms with Crippen LogP contribution in [-0.4, -0.2) is 23.9 Å². The van der Waals surface area contributed by atoms with Gasteiger partial charge in [-0.1, -0.05) is 17.9 Å². The molecule has 0 saturated carbocycles. The van der Waals surface area contributed by atoms with Gasteiger partial charge in [-0.15, -0.1) is 0 Å².